The molecule has 0 bridgehead atoms. The number of hydrogen-bond donors (Lipinski definition) is 1. The molecule has 2 heterocycles. The van der Waals surface area contributed by atoms with Crippen LogP contribution in [0.2, 0.25) is 0 Å². The molecule has 1 amide bonds. The van der Waals surface area contributed by atoms with Gasteiger partial charge in [0.25, 0.3) is 0 Å². The Bertz CT molecular complexity index is 1070. The predicted octanol–water partition coefficient (Wildman–Crippen LogP) is 4.65. The van der Waals surface area contributed by atoms with Gasteiger partial charge in [-0.05, 0) is 75.1 Å². The van der Waals surface area contributed by atoms with Gasteiger partial charge < -0.3 is 14.8 Å². The number of aryl methyl sites for hydroxylation is 2. The highest BCUT2D eigenvalue weighted by atomic mass is 19.1. The van der Waals surface area contributed by atoms with Crippen molar-refractivity contribution >= 4 is 5.91 Å². The lowest BCUT2D eigenvalue weighted by Crippen LogP contribution is -2.31. The van der Waals surface area contributed by atoms with Crippen LogP contribution in [0.1, 0.15) is 36.1 Å². The van der Waals surface area contributed by atoms with Crippen LogP contribution >= 0.6 is 0 Å². The van der Waals surface area contributed by atoms with E-state index >= 15 is 0 Å². The fraction of sp³-hybridized carbons (Fsp3) is 0.360. The van der Waals surface area contributed by atoms with Gasteiger partial charge in [0.05, 0.1) is 17.5 Å². The van der Waals surface area contributed by atoms with Crippen LogP contribution in [0.4, 0.5) is 4.39 Å². The molecule has 32 heavy (non-hydrogen) atoms. The highest BCUT2D eigenvalue weighted by Crippen LogP contribution is 2.32. The van der Waals surface area contributed by atoms with Crippen molar-refractivity contribution in [1.29, 1.82) is 0 Å². The summed E-state index contributed by atoms with van der Waals surface area (Å²) in [5.41, 5.74) is 3.38. The van der Waals surface area contributed by atoms with Crippen molar-refractivity contribution in [2.75, 3.05) is 13.2 Å². The molecule has 7 heteroatoms. The van der Waals surface area contributed by atoms with Gasteiger partial charge >= 0.3 is 0 Å². The third kappa shape index (κ3) is 5.34. The molecule has 0 saturated carbocycles. The van der Waals surface area contributed by atoms with Crippen LogP contribution in [-0.2, 0) is 16.0 Å². The van der Waals surface area contributed by atoms with Crippen molar-refractivity contribution in [3.8, 4) is 17.3 Å². The number of hydrogen-bond acceptors (Lipinski definition) is 4. The van der Waals surface area contributed by atoms with Gasteiger partial charge in [-0.3, -0.25) is 4.79 Å². The number of rotatable bonds is 8. The molecule has 168 valence electrons. The monoisotopic (exact) mass is 437 g/mol. The number of carbonyl (C=O) groups excluding carboxylic acids is 1. The Morgan fingerprint density at radius 2 is 2.06 bits per heavy atom. The van der Waals surface area contributed by atoms with Crippen LogP contribution in [0, 0.1) is 19.7 Å². The van der Waals surface area contributed by atoms with E-state index in [4.69, 9.17) is 9.47 Å². The first-order valence-corrected chi connectivity index (χ1v) is 11.0. The van der Waals surface area contributed by atoms with E-state index in [1.165, 1.54) is 12.1 Å². The molecule has 1 fully saturated rings. The molecule has 0 aliphatic carbocycles. The van der Waals surface area contributed by atoms with Crippen molar-refractivity contribution in [2.24, 2.45) is 0 Å². The third-order valence-corrected chi connectivity index (χ3v) is 5.57. The topological polar surface area (TPSA) is 65.4 Å². The highest BCUT2D eigenvalue weighted by Gasteiger charge is 2.21. The summed E-state index contributed by atoms with van der Waals surface area (Å²) in [4.78, 5) is 12.4. The first-order chi connectivity index (χ1) is 15.5. The fourth-order valence-electron chi connectivity index (χ4n) is 3.84. The Morgan fingerprint density at radius 3 is 2.78 bits per heavy atom. The minimum atomic E-state index is -0.318. The lowest BCUT2D eigenvalue weighted by atomic mass is 10.1. The van der Waals surface area contributed by atoms with E-state index in [1.807, 2.05) is 38.1 Å². The zero-order valence-corrected chi connectivity index (χ0v) is 18.4. The molecule has 1 saturated heterocycles. The van der Waals surface area contributed by atoms with E-state index in [-0.39, 0.29) is 17.8 Å². The quantitative estimate of drug-likeness (QED) is 0.557. The summed E-state index contributed by atoms with van der Waals surface area (Å²) in [5, 5.41) is 7.60. The Balaban J connectivity index is 1.55. The predicted molar refractivity (Wildman–Crippen MR) is 120 cm³/mol. The second-order valence-electron chi connectivity index (χ2n) is 8.12. The Labute approximate surface area is 187 Å². The van der Waals surface area contributed by atoms with Crippen molar-refractivity contribution in [1.82, 2.24) is 15.1 Å². The summed E-state index contributed by atoms with van der Waals surface area (Å²) >= 11 is 0. The number of amides is 1. The van der Waals surface area contributed by atoms with Crippen LogP contribution < -0.4 is 10.1 Å². The average molecular weight is 438 g/mol. The van der Waals surface area contributed by atoms with Crippen LogP contribution in [0.25, 0.3) is 5.69 Å². The number of ether oxygens (including phenoxy) is 2. The van der Waals surface area contributed by atoms with E-state index in [9.17, 15) is 9.18 Å². The van der Waals surface area contributed by atoms with E-state index < -0.39 is 0 Å². The minimum absolute atomic E-state index is 0.0315. The fourth-order valence-corrected chi connectivity index (χ4v) is 3.84. The lowest BCUT2D eigenvalue weighted by molar-refractivity contribution is -0.121. The van der Waals surface area contributed by atoms with E-state index in [0.717, 1.165) is 36.3 Å². The number of halogens is 1. The number of nitrogens with one attached hydrogen (secondary N) is 1. The standard InChI is InChI=1S/C25H28FN3O3/c1-17-5-3-6-21(15-17)32-25-23(12-13-24(30)27-16-22-7-4-14-31-22)18(2)28-29(25)20-10-8-19(26)9-11-20/h3,5-6,8-11,15,22H,4,7,12-14,16H2,1-2H3,(H,27,30)/t22-/m1/s1. The second kappa shape index (κ2) is 9.96. The summed E-state index contributed by atoms with van der Waals surface area (Å²) in [5.74, 6) is 0.863. The minimum Gasteiger partial charge on any atom is -0.439 e. The van der Waals surface area contributed by atoms with Crippen molar-refractivity contribution < 1.29 is 18.7 Å². The van der Waals surface area contributed by atoms with Gasteiger partial charge in [-0.1, -0.05) is 12.1 Å². The van der Waals surface area contributed by atoms with Crippen molar-refractivity contribution in [3.05, 3.63) is 71.2 Å². The molecule has 1 aromatic heterocycles. The van der Waals surface area contributed by atoms with Gasteiger partial charge in [-0.25, -0.2) is 9.07 Å². The maximum atomic E-state index is 13.5. The smallest absolute Gasteiger partial charge is 0.226 e. The van der Waals surface area contributed by atoms with Crippen molar-refractivity contribution in [3.63, 3.8) is 0 Å². The van der Waals surface area contributed by atoms with Crippen LogP contribution in [0.5, 0.6) is 11.6 Å². The molecule has 1 aliphatic rings. The molecule has 0 spiro atoms. The molecule has 2 aromatic carbocycles. The Morgan fingerprint density at radius 1 is 1.25 bits per heavy atom. The number of aromatic nitrogens is 2. The first kappa shape index (κ1) is 22.0. The molecule has 0 unspecified atom stereocenters. The number of benzene rings is 2. The van der Waals surface area contributed by atoms with E-state index in [1.54, 1.807) is 16.8 Å². The molecule has 1 atom stereocenters. The van der Waals surface area contributed by atoms with Crippen LogP contribution in [0.3, 0.4) is 0 Å². The molecule has 0 radical (unpaired) electrons. The molecule has 1 aliphatic heterocycles. The SMILES string of the molecule is Cc1cccc(Oc2c(CCC(=O)NC[C@H]3CCCO3)c(C)nn2-c2ccc(F)cc2)c1. The highest BCUT2D eigenvalue weighted by molar-refractivity contribution is 5.76. The molecular weight excluding hydrogens is 409 g/mol. The third-order valence-electron chi connectivity index (χ3n) is 5.57. The average Bonchev–Trinajstić information content (AvgIpc) is 3.40. The first-order valence-electron chi connectivity index (χ1n) is 11.0. The van der Waals surface area contributed by atoms with E-state index in [0.29, 0.717) is 36.7 Å². The summed E-state index contributed by atoms with van der Waals surface area (Å²) in [6.45, 7) is 5.19. The van der Waals surface area contributed by atoms with Crippen LogP contribution in [0.15, 0.2) is 48.5 Å². The zero-order valence-electron chi connectivity index (χ0n) is 18.4. The molecule has 4 rings (SSSR count). The van der Waals surface area contributed by atoms with Crippen molar-refractivity contribution in [2.45, 2.75) is 45.6 Å². The lowest BCUT2D eigenvalue weighted by Gasteiger charge is -2.13. The Hall–Kier alpha value is -3.19. The molecular formula is C25H28FN3O3. The van der Waals surface area contributed by atoms with Gasteiger partial charge in [0, 0.05) is 25.1 Å². The number of nitrogens with zero attached hydrogens (tertiary/aromatic N) is 2. The maximum Gasteiger partial charge on any atom is 0.226 e. The summed E-state index contributed by atoms with van der Waals surface area (Å²) in [7, 11) is 0. The largest absolute Gasteiger partial charge is 0.439 e. The summed E-state index contributed by atoms with van der Waals surface area (Å²) < 4.78 is 26.9. The maximum absolute atomic E-state index is 13.5. The van der Waals surface area contributed by atoms with Gasteiger partial charge in [0.2, 0.25) is 11.8 Å². The molecule has 6 nitrogen and oxygen atoms in total. The number of carbonyl (C=O) groups is 1. The van der Waals surface area contributed by atoms with Crippen LogP contribution in [-0.4, -0.2) is 34.9 Å². The normalized spacial score (nSPS) is 15.7. The zero-order chi connectivity index (χ0) is 22.5. The van der Waals surface area contributed by atoms with Gasteiger partial charge in [0.15, 0.2) is 0 Å². The van der Waals surface area contributed by atoms with Gasteiger partial charge in [-0.15, -0.1) is 0 Å². The molecule has 3 aromatic rings. The second-order valence-corrected chi connectivity index (χ2v) is 8.12. The van der Waals surface area contributed by atoms with E-state index in [2.05, 4.69) is 10.4 Å². The molecule has 1 N–H and O–H groups in total. The Kier molecular flexibility index (Phi) is 6.85. The summed E-state index contributed by atoms with van der Waals surface area (Å²) in [6, 6.07) is 13.8. The summed E-state index contributed by atoms with van der Waals surface area (Å²) in [6.07, 6.45) is 2.93. The van der Waals surface area contributed by atoms with Gasteiger partial charge in [-0.2, -0.15) is 5.10 Å². The van der Waals surface area contributed by atoms with Gasteiger partial charge in [0.1, 0.15) is 11.6 Å².